The Hall–Kier alpha value is -3.06. The number of carbonyl (C=O) groups excluding carboxylic acids is 2. The number of anilines is 2. The number of esters is 1. The van der Waals surface area contributed by atoms with Crippen LogP contribution in [0.15, 0.2) is 48.5 Å². The second kappa shape index (κ2) is 9.05. The lowest BCUT2D eigenvalue weighted by atomic mass is 10.2. The summed E-state index contributed by atoms with van der Waals surface area (Å²) in [7, 11) is 1.30. The molecule has 1 saturated heterocycles. The SMILES string of the molecule is COC(=O)COc1ccc(C(=O)Nc2ccc(N3CCNCC3)cc2)cc1. The number of methoxy groups -OCH3 is 1. The number of amides is 1. The maximum atomic E-state index is 12.4. The van der Waals surface area contributed by atoms with Crippen molar-refractivity contribution >= 4 is 23.3 Å². The molecule has 0 radical (unpaired) electrons. The number of benzene rings is 2. The van der Waals surface area contributed by atoms with Crippen LogP contribution in [-0.4, -0.2) is 51.8 Å². The molecular formula is C20H23N3O4. The van der Waals surface area contributed by atoms with E-state index in [1.807, 2.05) is 24.3 Å². The molecule has 3 rings (SSSR count). The zero-order valence-electron chi connectivity index (χ0n) is 15.2. The van der Waals surface area contributed by atoms with Gasteiger partial charge in [-0.2, -0.15) is 0 Å². The second-order valence-corrected chi connectivity index (χ2v) is 6.13. The summed E-state index contributed by atoms with van der Waals surface area (Å²) >= 11 is 0. The predicted molar refractivity (Wildman–Crippen MR) is 103 cm³/mol. The van der Waals surface area contributed by atoms with Crippen molar-refractivity contribution in [3.8, 4) is 5.75 Å². The Kier molecular flexibility index (Phi) is 6.27. The molecular weight excluding hydrogens is 346 g/mol. The van der Waals surface area contributed by atoms with Crippen molar-refractivity contribution in [2.24, 2.45) is 0 Å². The van der Waals surface area contributed by atoms with Gasteiger partial charge in [0.25, 0.3) is 5.91 Å². The van der Waals surface area contributed by atoms with E-state index in [-0.39, 0.29) is 12.5 Å². The number of nitrogens with one attached hydrogen (secondary N) is 2. The van der Waals surface area contributed by atoms with Crippen LogP contribution in [0.1, 0.15) is 10.4 Å². The molecule has 1 aliphatic rings. The normalized spacial score (nSPS) is 13.7. The number of hydrogen-bond acceptors (Lipinski definition) is 6. The van der Waals surface area contributed by atoms with Crippen molar-refractivity contribution in [3.05, 3.63) is 54.1 Å². The third kappa shape index (κ3) is 5.21. The molecule has 142 valence electrons. The van der Waals surface area contributed by atoms with Crippen LogP contribution in [0.3, 0.4) is 0 Å². The topological polar surface area (TPSA) is 79.9 Å². The van der Waals surface area contributed by atoms with Crippen molar-refractivity contribution in [1.29, 1.82) is 0 Å². The zero-order chi connectivity index (χ0) is 19.1. The molecule has 1 heterocycles. The molecule has 7 nitrogen and oxygen atoms in total. The Bertz CT molecular complexity index is 769. The molecule has 1 aliphatic heterocycles. The quantitative estimate of drug-likeness (QED) is 0.757. The van der Waals surface area contributed by atoms with Gasteiger partial charge in [0.15, 0.2) is 6.61 Å². The van der Waals surface area contributed by atoms with Crippen LogP contribution in [0, 0.1) is 0 Å². The van der Waals surface area contributed by atoms with Gasteiger partial charge in [-0.3, -0.25) is 4.79 Å². The third-order valence-corrected chi connectivity index (χ3v) is 4.31. The van der Waals surface area contributed by atoms with E-state index in [0.29, 0.717) is 11.3 Å². The number of rotatable bonds is 6. The minimum atomic E-state index is -0.457. The molecule has 0 aromatic heterocycles. The zero-order valence-corrected chi connectivity index (χ0v) is 15.2. The molecule has 2 N–H and O–H groups in total. The molecule has 0 aliphatic carbocycles. The Labute approximate surface area is 158 Å². The molecule has 1 fully saturated rings. The number of ether oxygens (including phenoxy) is 2. The first kappa shape index (κ1) is 18.7. The molecule has 0 bridgehead atoms. The number of carbonyl (C=O) groups is 2. The minimum Gasteiger partial charge on any atom is -0.482 e. The third-order valence-electron chi connectivity index (χ3n) is 4.31. The summed E-state index contributed by atoms with van der Waals surface area (Å²) in [5, 5.41) is 6.21. The molecule has 0 atom stereocenters. The fourth-order valence-electron chi connectivity index (χ4n) is 2.79. The summed E-state index contributed by atoms with van der Waals surface area (Å²) in [6.07, 6.45) is 0. The van der Waals surface area contributed by atoms with Gasteiger partial charge >= 0.3 is 5.97 Å². The Morgan fingerprint density at radius 1 is 1.04 bits per heavy atom. The Morgan fingerprint density at radius 3 is 2.33 bits per heavy atom. The molecule has 0 unspecified atom stereocenters. The summed E-state index contributed by atoms with van der Waals surface area (Å²) in [5.74, 6) is -0.164. The van der Waals surface area contributed by atoms with E-state index in [2.05, 4.69) is 20.3 Å². The lowest BCUT2D eigenvalue weighted by Crippen LogP contribution is -2.43. The number of piperazine rings is 1. The van der Waals surface area contributed by atoms with E-state index >= 15 is 0 Å². The van der Waals surface area contributed by atoms with Crippen LogP contribution in [0.5, 0.6) is 5.75 Å². The first-order valence-corrected chi connectivity index (χ1v) is 8.82. The van der Waals surface area contributed by atoms with E-state index in [1.165, 1.54) is 7.11 Å². The fourth-order valence-corrected chi connectivity index (χ4v) is 2.79. The largest absolute Gasteiger partial charge is 0.482 e. The highest BCUT2D eigenvalue weighted by Crippen LogP contribution is 2.19. The second-order valence-electron chi connectivity index (χ2n) is 6.13. The van der Waals surface area contributed by atoms with E-state index in [4.69, 9.17) is 4.74 Å². The number of nitrogens with zero attached hydrogens (tertiary/aromatic N) is 1. The van der Waals surface area contributed by atoms with Gasteiger partial charge in [0, 0.05) is 43.1 Å². The van der Waals surface area contributed by atoms with Crippen LogP contribution in [0.2, 0.25) is 0 Å². The van der Waals surface area contributed by atoms with Crippen LogP contribution in [0.4, 0.5) is 11.4 Å². The van der Waals surface area contributed by atoms with Crippen LogP contribution in [0.25, 0.3) is 0 Å². The lowest BCUT2D eigenvalue weighted by molar-refractivity contribution is -0.142. The van der Waals surface area contributed by atoms with Crippen LogP contribution in [-0.2, 0) is 9.53 Å². The highest BCUT2D eigenvalue weighted by molar-refractivity contribution is 6.04. The van der Waals surface area contributed by atoms with Crippen molar-refractivity contribution in [1.82, 2.24) is 5.32 Å². The van der Waals surface area contributed by atoms with E-state index in [9.17, 15) is 9.59 Å². The lowest BCUT2D eigenvalue weighted by Gasteiger charge is -2.29. The van der Waals surface area contributed by atoms with Gasteiger partial charge in [0.2, 0.25) is 0 Å². The highest BCUT2D eigenvalue weighted by Gasteiger charge is 2.11. The maximum Gasteiger partial charge on any atom is 0.343 e. The van der Waals surface area contributed by atoms with Crippen molar-refractivity contribution in [2.75, 3.05) is 50.1 Å². The van der Waals surface area contributed by atoms with Crippen molar-refractivity contribution < 1.29 is 19.1 Å². The van der Waals surface area contributed by atoms with E-state index < -0.39 is 5.97 Å². The highest BCUT2D eigenvalue weighted by atomic mass is 16.6. The van der Waals surface area contributed by atoms with Gasteiger partial charge in [0.1, 0.15) is 5.75 Å². The minimum absolute atomic E-state index is 0.165. The van der Waals surface area contributed by atoms with Gasteiger partial charge in [0.05, 0.1) is 7.11 Å². The van der Waals surface area contributed by atoms with Crippen molar-refractivity contribution in [2.45, 2.75) is 0 Å². The summed E-state index contributed by atoms with van der Waals surface area (Å²) in [4.78, 5) is 25.8. The summed E-state index contributed by atoms with van der Waals surface area (Å²) in [5.41, 5.74) is 2.40. The van der Waals surface area contributed by atoms with Crippen LogP contribution >= 0.6 is 0 Å². The Balaban J connectivity index is 1.55. The predicted octanol–water partition coefficient (Wildman–Crippen LogP) is 1.90. The molecule has 0 spiro atoms. The van der Waals surface area contributed by atoms with Gasteiger partial charge in [-0.25, -0.2) is 4.79 Å². The number of hydrogen-bond donors (Lipinski definition) is 2. The fraction of sp³-hybridized carbons (Fsp3) is 0.300. The molecule has 27 heavy (non-hydrogen) atoms. The van der Waals surface area contributed by atoms with E-state index in [0.717, 1.165) is 37.6 Å². The molecule has 0 saturated carbocycles. The van der Waals surface area contributed by atoms with E-state index in [1.54, 1.807) is 24.3 Å². The maximum absolute atomic E-state index is 12.4. The van der Waals surface area contributed by atoms with Crippen LogP contribution < -0.4 is 20.3 Å². The Morgan fingerprint density at radius 2 is 1.70 bits per heavy atom. The summed E-state index contributed by atoms with van der Waals surface area (Å²) in [6, 6.07) is 14.4. The molecule has 7 heteroatoms. The van der Waals surface area contributed by atoms with Gasteiger partial charge in [-0.05, 0) is 48.5 Å². The average Bonchev–Trinajstić information content (AvgIpc) is 2.73. The van der Waals surface area contributed by atoms with Gasteiger partial charge in [-0.1, -0.05) is 0 Å². The first-order valence-electron chi connectivity index (χ1n) is 8.82. The summed E-state index contributed by atoms with van der Waals surface area (Å²) in [6.45, 7) is 3.77. The van der Waals surface area contributed by atoms with Gasteiger partial charge < -0.3 is 25.0 Å². The first-order chi connectivity index (χ1) is 13.2. The van der Waals surface area contributed by atoms with Gasteiger partial charge in [-0.15, -0.1) is 0 Å². The molecule has 1 amide bonds. The van der Waals surface area contributed by atoms with Crippen molar-refractivity contribution in [3.63, 3.8) is 0 Å². The average molecular weight is 369 g/mol. The summed E-state index contributed by atoms with van der Waals surface area (Å²) < 4.78 is 9.78. The standard InChI is InChI=1S/C20H23N3O4/c1-26-19(24)14-27-18-8-2-15(3-9-18)20(25)22-16-4-6-17(7-5-16)23-12-10-21-11-13-23/h2-9,21H,10-14H2,1H3,(H,22,25). The monoisotopic (exact) mass is 369 g/mol. The molecule has 2 aromatic carbocycles. The smallest absolute Gasteiger partial charge is 0.343 e. The molecule has 2 aromatic rings.